The van der Waals surface area contributed by atoms with Crippen LogP contribution in [-0.4, -0.2) is 29.9 Å². The summed E-state index contributed by atoms with van der Waals surface area (Å²) in [4.78, 5) is 14.4. The summed E-state index contributed by atoms with van der Waals surface area (Å²) in [5.74, 6) is 0.792. The molecule has 0 aliphatic heterocycles. The Balaban J connectivity index is 1.81. The van der Waals surface area contributed by atoms with E-state index in [1.807, 2.05) is 30.3 Å². The molecule has 0 atom stereocenters. The Labute approximate surface area is 116 Å². The predicted octanol–water partition coefficient (Wildman–Crippen LogP) is 3.14. The van der Waals surface area contributed by atoms with Gasteiger partial charge in [0.05, 0.1) is 6.54 Å². The number of rotatable bonds is 7. The van der Waals surface area contributed by atoms with Gasteiger partial charge in [-0.15, -0.1) is 0 Å². The average Bonchev–Trinajstić information content (AvgIpc) is 3.19. The summed E-state index contributed by atoms with van der Waals surface area (Å²) in [7, 11) is 0. The monoisotopic (exact) mass is 260 g/mol. The van der Waals surface area contributed by atoms with E-state index in [2.05, 4.69) is 24.1 Å². The first-order valence-corrected chi connectivity index (χ1v) is 7.24. The van der Waals surface area contributed by atoms with Crippen molar-refractivity contribution in [1.82, 2.24) is 4.90 Å². The second-order valence-corrected chi connectivity index (χ2v) is 5.80. The molecule has 3 nitrogen and oxygen atoms in total. The Morgan fingerprint density at radius 3 is 2.58 bits per heavy atom. The molecule has 2 rings (SSSR count). The lowest BCUT2D eigenvalue weighted by Gasteiger charge is -2.22. The first-order valence-electron chi connectivity index (χ1n) is 7.24. The van der Waals surface area contributed by atoms with Crippen molar-refractivity contribution in [3.63, 3.8) is 0 Å². The van der Waals surface area contributed by atoms with E-state index < -0.39 is 0 Å². The van der Waals surface area contributed by atoms with Crippen molar-refractivity contribution in [2.75, 3.05) is 18.4 Å². The number of anilines is 1. The van der Waals surface area contributed by atoms with Gasteiger partial charge in [-0.3, -0.25) is 9.69 Å². The molecule has 1 aliphatic rings. The summed E-state index contributed by atoms with van der Waals surface area (Å²) >= 11 is 0. The largest absolute Gasteiger partial charge is 0.325 e. The molecule has 1 saturated carbocycles. The van der Waals surface area contributed by atoms with Crippen molar-refractivity contribution in [2.45, 2.75) is 39.2 Å². The molecule has 1 amide bonds. The topological polar surface area (TPSA) is 32.3 Å². The number of carbonyl (C=O) groups excluding carboxylic acids is 1. The molecule has 1 aliphatic carbocycles. The van der Waals surface area contributed by atoms with Crippen LogP contribution in [0.15, 0.2) is 30.3 Å². The number of para-hydroxylation sites is 1. The van der Waals surface area contributed by atoms with E-state index in [4.69, 9.17) is 0 Å². The van der Waals surface area contributed by atoms with Gasteiger partial charge in [0.15, 0.2) is 0 Å². The number of amides is 1. The van der Waals surface area contributed by atoms with E-state index in [-0.39, 0.29) is 5.91 Å². The minimum Gasteiger partial charge on any atom is -0.325 e. The summed E-state index contributed by atoms with van der Waals surface area (Å²) in [6, 6.07) is 10.3. The summed E-state index contributed by atoms with van der Waals surface area (Å²) in [6.45, 7) is 6.01. The molecule has 104 valence electrons. The van der Waals surface area contributed by atoms with Crippen LogP contribution in [0.1, 0.15) is 33.1 Å². The van der Waals surface area contributed by atoms with Crippen LogP contribution in [0.25, 0.3) is 0 Å². The number of nitrogens with one attached hydrogen (secondary N) is 1. The number of hydrogen-bond acceptors (Lipinski definition) is 2. The van der Waals surface area contributed by atoms with Crippen molar-refractivity contribution in [2.24, 2.45) is 5.92 Å². The van der Waals surface area contributed by atoms with Gasteiger partial charge in [-0.2, -0.15) is 0 Å². The highest BCUT2D eigenvalue weighted by Crippen LogP contribution is 2.27. The van der Waals surface area contributed by atoms with Crippen LogP contribution in [0.3, 0.4) is 0 Å². The lowest BCUT2D eigenvalue weighted by molar-refractivity contribution is -0.117. The Bertz CT molecular complexity index is 398. The van der Waals surface area contributed by atoms with E-state index in [1.165, 1.54) is 12.8 Å². The molecular weight excluding hydrogens is 236 g/mol. The van der Waals surface area contributed by atoms with Crippen LogP contribution in [0.4, 0.5) is 5.69 Å². The van der Waals surface area contributed by atoms with Gasteiger partial charge in [-0.05, 0) is 43.9 Å². The minimum absolute atomic E-state index is 0.0989. The fraction of sp³-hybridized carbons (Fsp3) is 0.562. The first kappa shape index (κ1) is 14.1. The van der Waals surface area contributed by atoms with Gasteiger partial charge in [0.25, 0.3) is 0 Å². The lowest BCUT2D eigenvalue weighted by Crippen LogP contribution is -2.36. The van der Waals surface area contributed by atoms with Crippen molar-refractivity contribution in [3.8, 4) is 0 Å². The second kappa shape index (κ2) is 6.71. The zero-order chi connectivity index (χ0) is 13.7. The molecule has 1 fully saturated rings. The van der Waals surface area contributed by atoms with Crippen molar-refractivity contribution < 1.29 is 4.79 Å². The fourth-order valence-corrected chi connectivity index (χ4v) is 2.16. The molecule has 1 aromatic rings. The van der Waals surface area contributed by atoms with Gasteiger partial charge < -0.3 is 5.32 Å². The average molecular weight is 260 g/mol. The third-order valence-corrected chi connectivity index (χ3v) is 3.46. The molecule has 0 heterocycles. The maximum Gasteiger partial charge on any atom is 0.238 e. The van der Waals surface area contributed by atoms with Gasteiger partial charge >= 0.3 is 0 Å². The van der Waals surface area contributed by atoms with E-state index >= 15 is 0 Å². The zero-order valence-corrected chi connectivity index (χ0v) is 11.9. The summed E-state index contributed by atoms with van der Waals surface area (Å²) in [5.41, 5.74) is 0.882. The van der Waals surface area contributed by atoms with Crippen molar-refractivity contribution in [3.05, 3.63) is 30.3 Å². The van der Waals surface area contributed by atoms with E-state index in [0.29, 0.717) is 18.5 Å². The standard InChI is InChI=1S/C16H24N2O/c1-13(2)10-11-18(15-8-9-15)12-16(19)17-14-6-4-3-5-7-14/h3-7,13,15H,8-12H2,1-2H3,(H,17,19). The number of carbonyl (C=O) groups is 1. The molecule has 0 aromatic heterocycles. The predicted molar refractivity (Wildman–Crippen MR) is 79.1 cm³/mol. The highest BCUT2D eigenvalue weighted by molar-refractivity contribution is 5.92. The number of nitrogens with zero attached hydrogens (tertiary/aromatic N) is 1. The third kappa shape index (κ3) is 5.03. The first-order chi connectivity index (χ1) is 9.15. The number of hydrogen-bond donors (Lipinski definition) is 1. The highest BCUT2D eigenvalue weighted by Gasteiger charge is 2.29. The molecule has 0 spiro atoms. The Morgan fingerprint density at radius 1 is 1.32 bits per heavy atom. The van der Waals surface area contributed by atoms with E-state index in [0.717, 1.165) is 18.7 Å². The molecule has 0 bridgehead atoms. The summed E-state index contributed by atoms with van der Waals surface area (Å²) < 4.78 is 0. The molecule has 19 heavy (non-hydrogen) atoms. The maximum atomic E-state index is 12.0. The molecule has 0 radical (unpaired) electrons. The van der Waals surface area contributed by atoms with Gasteiger partial charge in [-0.25, -0.2) is 0 Å². The smallest absolute Gasteiger partial charge is 0.238 e. The number of benzene rings is 1. The van der Waals surface area contributed by atoms with Crippen LogP contribution in [-0.2, 0) is 4.79 Å². The van der Waals surface area contributed by atoms with Gasteiger partial charge in [0.2, 0.25) is 5.91 Å². The molecule has 3 heteroatoms. The van der Waals surface area contributed by atoms with Crippen LogP contribution < -0.4 is 5.32 Å². The molecule has 1 N–H and O–H groups in total. The fourth-order valence-electron chi connectivity index (χ4n) is 2.16. The van der Waals surface area contributed by atoms with Crippen LogP contribution in [0.5, 0.6) is 0 Å². The Hall–Kier alpha value is -1.35. The van der Waals surface area contributed by atoms with Gasteiger partial charge in [0.1, 0.15) is 0 Å². The van der Waals surface area contributed by atoms with E-state index in [9.17, 15) is 4.79 Å². The second-order valence-electron chi connectivity index (χ2n) is 5.80. The van der Waals surface area contributed by atoms with Crippen LogP contribution >= 0.6 is 0 Å². The Morgan fingerprint density at radius 2 is 2.00 bits per heavy atom. The normalized spacial score (nSPS) is 14.9. The summed E-state index contributed by atoms with van der Waals surface area (Å²) in [5, 5.41) is 2.96. The third-order valence-electron chi connectivity index (χ3n) is 3.46. The molecule has 1 aromatic carbocycles. The van der Waals surface area contributed by atoms with Crippen molar-refractivity contribution in [1.29, 1.82) is 0 Å². The summed E-state index contributed by atoms with van der Waals surface area (Å²) in [6.07, 6.45) is 3.66. The lowest BCUT2D eigenvalue weighted by atomic mass is 10.1. The minimum atomic E-state index is 0.0989. The SMILES string of the molecule is CC(C)CCN(CC(=O)Nc1ccccc1)C1CC1. The van der Waals surface area contributed by atoms with E-state index in [1.54, 1.807) is 0 Å². The van der Waals surface area contributed by atoms with Crippen LogP contribution in [0, 0.1) is 5.92 Å². The quantitative estimate of drug-likeness (QED) is 0.817. The highest BCUT2D eigenvalue weighted by atomic mass is 16.2. The molecular formula is C16H24N2O. The van der Waals surface area contributed by atoms with Crippen molar-refractivity contribution >= 4 is 11.6 Å². The Kier molecular flexibility index (Phi) is 4.97. The van der Waals surface area contributed by atoms with Gasteiger partial charge in [-0.1, -0.05) is 32.0 Å². The zero-order valence-electron chi connectivity index (χ0n) is 11.9. The molecule has 0 saturated heterocycles. The molecule has 0 unspecified atom stereocenters. The van der Waals surface area contributed by atoms with Crippen LogP contribution in [0.2, 0.25) is 0 Å². The van der Waals surface area contributed by atoms with Gasteiger partial charge in [0, 0.05) is 11.7 Å². The maximum absolute atomic E-state index is 12.0.